The number of hydrogen-bond acceptors (Lipinski definition) is 1. The van der Waals surface area contributed by atoms with E-state index in [1.165, 1.54) is 25.7 Å². The van der Waals surface area contributed by atoms with Crippen LogP contribution in [0.3, 0.4) is 0 Å². The predicted molar refractivity (Wildman–Crippen MR) is 53.8 cm³/mol. The van der Waals surface area contributed by atoms with Gasteiger partial charge in [-0.3, -0.25) is 0 Å². The largest absolute Gasteiger partial charge is 0.310 e. The Bertz CT molecular complexity index is 170. The molecule has 0 aliphatic heterocycles. The van der Waals surface area contributed by atoms with Crippen molar-refractivity contribution in [3.8, 4) is 0 Å². The predicted octanol–water partition coefficient (Wildman–Crippen LogP) is 3.63. The minimum Gasteiger partial charge on any atom is -0.310 e. The van der Waals surface area contributed by atoms with Gasteiger partial charge in [0.25, 0.3) is 0 Å². The monoisotopic (exact) mass is 167 g/mol. The summed E-state index contributed by atoms with van der Waals surface area (Å²) in [6.07, 6.45) is 6.36. The van der Waals surface area contributed by atoms with Crippen LogP contribution in [0, 0.1) is 16.7 Å². The third-order valence-electron chi connectivity index (χ3n) is 3.53. The molecule has 0 amide bonds. The molecule has 12 heavy (non-hydrogen) atoms. The molecule has 1 aliphatic rings. The Morgan fingerprint density at radius 1 is 1.58 bits per heavy atom. The molecule has 0 heterocycles. The van der Waals surface area contributed by atoms with Gasteiger partial charge >= 0.3 is 0 Å². The lowest BCUT2D eigenvalue weighted by Crippen LogP contribution is -2.02. The summed E-state index contributed by atoms with van der Waals surface area (Å²) in [4.78, 5) is 0. The van der Waals surface area contributed by atoms with Crippen LogP contribution in [-0.4, -0.2) is 5.71 Å². The van der Waals surface area contributed by atoms with E-state index in [0.717, 1.165) is 18.1 Å². The lowest BCUT2D eigenvalue weighted by Gasteiger charge is -2.12. The van der Waals surface area contributed by atoms with Crippen LogP contribution in [0.25, 0.3) is 0 Å². The molecule has 1 saturated carbocycles. The minimum absolute atomic E-state index is 0.690. The highest BCUT2D eigenvalue weighted by molar-refractivity contribution is 5.78. The lowest BCUT2D eigenvalue weighted by molar-refractivity contribution is 0.403. The van der Waals surface area contributed by atoms with E-state index in [2.05, 4.69) is 13.8 Å². The maximum atomic E-state index is 7.33. The Kier molecular flexibility index (Phi) is 2.92. The smallest absolute Gasteiger partial charge is 0.00582 e. The molecule has 1 aliphatic carbocycles. The molecule has 70 valence electrons. The van der Waals surface area contributed by atoms with Crippen molar-refractivity contribution in [1.29, 1.82) is 5.41 Å². The zero-order chi connectivity index (χ0) is 9.19. The van der Waals surface area contributed by atoms with Crippen molar-refractivity contribution in [2.45, 2.75) is 52.9 Å². The average molecular weight is 167 g/mol. The van der Waals surface area contributed by atoms with Crippen LogP contribution in [0.15, 0.2) is 0 Å². The maximum Gasteiger partial charge on any atom is 0.00582 e. The van der Waals surface area contributed by atoms with E-state index in [1.807, 2.05) is 6.92 Å². The molecule has 2 unspecified atom stereocenters. The molecule has 0 spiro atoms. The van der Waals surface area contributed by atoms with E-state index in [1.54, 1.807) is 0 Å². The van der Waals surface area contributed by atoms with Gasteiger partial charge in [-0.25, -0.2) is 0 Å². The summed E-state index contributed by atoms with van der Waals surface area (Å²) in [7, 11) is 0. The molecule has 0 aromatic carbocycles. The molecule has 1 heteroatoms. The SMILES string of the molecule is CCC1(CCCC(C)=N)CC1C. The van der Waals surface area contributed by atoms with Gasteiger partial charge in [-0.15, -0.1) is 0 Å². The Balaban J connectivity index is 2.18. The highest BCUT2D eigenvalue weighted by Gasteiger charge is 2.48. The van der Waals surface area contributed by atoms with E-state index in [0.29, 0.717) is 5.41 Å². The Hall–Kier alpha value is -0.330. The normalized spacial score (nSPS) is 33.4. The zero-order valence-corrected chi connectivity index (χ0v) is 8.61. The van der Waals surface area contributed by atoms with Crippen LogP contribution in [0.4, 0.5) is 0 Å². The third-order valence-corrected chi connectivity index (χ3v) is 3.53. The van der Waals surface area contributed by atoms with Crippen LogP contribution < -0.4 is 0 Å². The fourth-order valence-electron chi connectivity index (χ4n) is 2.27. The van der Waals surface area contributed by atoms with Gasteiger partial charge in [-0.05, 0) is 43.9 Å². The van der Waals surface area contributed by atoms with Gasteiger partial charge in [0.1, 0.15) is 0 Å². The molecule has 1 nitrogen and oxygen atoms in total. The molecule has 0 bridgehead atoms. The second-order valence-electron chi connectivity index (χ2n) is 4.45. The quantitative estimate of drug-likeness (QED) is 0.605. The van der Waals surface area contributed by atoms with Gasteiger partial charge in [0, 0.05) is 5.71 Å². The first-order valence-corrected chi connectivity index (χ1v) is 5.15. The lowest BCUT2D eigenvalue weighted by atomic mass is 9.93. The molecule has 2 atom stereocenters. The van der Waals surface area contributed by atoms with Crippen molar-refractivity contribution in [1.82, 2.24) is 0 Å². The van der Waals surface area contributed by atoms with E-state index in [4.69, 9.17) is 5.41 Å². The zero-order valence-electron chi connectivity index (χ0n) is 8.61. The van der Waals surface area contributed by atoms with Crippen molar-refractivity contribution < 1.29 is 0 Å². The Morgan fingerprint density at radius 2 is 2.17 bits per heavy atom. The molecule has 0 radical (unpaired) electrons. The molecule has 1 rings (SSSR count). The molecular formula is C11H21N. The summed E-state index contributed by atoms with van der Waals surface area (Å²) in [5.41, 5.74) is 1.53. The highest BCUT2D eigenvalue weighted by atomic mass is 14.5. The van der Waals surface area contributed by atoms with Gasteiger partial charge in [-0.1, -0.05) is 20.3 Å². The van der Waals surface area contributed by atoms with Gasteiger partial charge in [0.2, 0.25) is 0 Å². The summed E-state index contributed by atoms with van der Waals surface area (Å²) >= 11 is 0. The van der Waals surface area contributed by atoms with Crippen molar-refractivity contribution in [2.24, 2.45) is 11.3 Å². The topological polar surface area (TPSA) is 23.9 Å². The van der Waals surface area contributed by atoms with E-state index >= 15 is 0 Å². The minimum atomic E-state index is 0.690. The van der Waals surface area contributed by atoms with Gasteiger partial charge in [0.05, 0.1) is 0 Å². The molecule has 1 N–H and O–H groups in total. The summed E-state index contributed by atoms with van der Waals surface area (Å²) in [5.74, 6) is 0.952. The van der Waals surface area contributed by atoms with Gasteiger partial charge in [-0.2, -0.15) is 0 Å². The first-order valence-electron chi connectivity index (χ1n) is 5.15. The molecular weight excluding hydrogens is 146 g/mol. The molecule has 0 aromatic heterocycles. The van der Waals surface area contributed by atoms with Crippen LogP contribution in [0.1, 0.15) is 52.9 Å². The second kappa shape index (κ2) is 3.59. The van der Waals surface area contributed by atoms with Crippen LogP contribution in [-0.2, 0) is 0 Å². The van der Waals surface area contributed by atoms with Crippen molar-refractivity contribution in [3.05, 3.63) is 0 Å². The number of hydrogen-bond donors (Lipinski definition) is 1. The third kappa shape index (κ3) is 2.09. The van der Waals surface area contributed by atoms with Crippen molar-refractivity contribution >= 4 is 5.71 Å². The summed E-state index contributed by atoms with van der Waals surface area (Å²) in [5, 5.41) is 7.33. The number of rotatable bonds is 5. The van der Waals surface area contributed by atoms with E-state index in [-0.39, 0.29) is 0 Å². The molecule has 0 aromatic rings. The number of nitrogens with one attached hydrogen (secondary N) is 1. The van der Waals surface area contributed by atoms with Crippen LogP contribution in [0.5, 0.6) is 0 Å². The Labute approximate surface area is 76.1 Å². The van der Waals surface area contributed by atoms with Crippen LogP contribution >= 0.6 is 0 Å². The standard InChI is InChI=1S/C11H21N/c1-4-11(8-9(11)2)7-5-6-10(3)12/h9,12H,4-8H2,1-3H3. The van der Waals surface area contributed by atoms with Gasteiger partial charge in [0.15, 0.2) is 0 Å². The summed E-state index contributed by atoms with van der Waals surface area (Å²) < 4.78 is 0. The first-order chi connectivity index (χ1) is 5.60. The fraction of sp³-hybridized carbons (Fsp3) is 0.909. The molecule has 0 saturated heterocycles. The highest BCUT2D eigenvalue weighted by Crippen LogP contribution is 2.58. The van der Waals surface area contributed by atoms with E-state index < -0.39 is 0 Å². The van der Waals surface area contributed by atoms with E-state index in [9.17, 15) is 0 Å². The average Bonchev–Trinajstić information content (AvgIpc) is 2.62. The molecule has 1 fully saturated rings. The van der Waals surface area contributed by atoms with Crippen molar-refractivity contribution in [3.63, 3.8) is 0 Å². The first kappa shape index (κ1) is 9.76. The van der Waals surface area contributed by atoms with Gasteiger partial charge < -0.3 is 5.41 Å². The second-order valence-corrected chi connectivity index (χ2v) is 4.45. The van der Waals surface area contributed by atoms with Crippen LogP contribution in [0.2, 0.25) is 0 Å². The Morgan fingerprint density at radius 3 is 2.50 bits per heavy atom. The summed E-state index contributed by atoms with van der Waals surface area (Å²) in [6.45, 7) is 6.58. The maximum absolute atomic E-state index is 7.33. The van der Waals surface area contributed by atoms with Crippen molar-refractivity contribution in [2.75, 3.05) is 0 Å². The summed E-state index contributed by atoms with van der Waals surface area (Å²) in [6, 6.07) is 0. The fourth-order valence-corrected chi connectivity index (χ4v) is 2.27.